The van der Waals surface area contributed by atoms with Crippen LogP contribution >= 0.6 is 0 Å². The van der Waals surface area contributed by atoms with E-state index in [1.807, 2.05) is 6.20 Å². The fourth-order valence-corrected chi connectivity index (χ4v) is 20.4. The second-order valence-electron chi connectivity index (χ2n) is 33.0. The minimum absolute atomic E-state index is 0.0550. The van der Waals surface area contributed by atoms with Crippen molar-refractivity contribution in [3.63, 3.8) is 0 Å². The van der Waals surface area contributed by atoms with Crippen LogP contribution in [0.3, 0.4) is 0 Å². The normalized spacial score (nSPS) is 14.0. The van der Waals surface area contributed by atoms with E-state index in [0.29, 0.717) is 0 Å². The molecule has 0 unspecified atom stereocenters. The Morgan fingerprint density at radius 3 is 0.911 bits per heavy atom. The lowest BCUT2D eigenvalue weighted by molar-refractivity contribution is 0.660. The van der Waals surface area contributed by atoms with Crippen molar-refractivity contribution in [2.45, 2.75) is 57.8 Å². The molecule has 0 radical (unpaired) electrons. The van der Waals surface area contributed by atoms with Gasteiger partial charge in [-0.05, 0) is 261 Å². The first kappa shape index (κ1) is 64.3. The summed E-state index contributed by atoms with van der Waals surface area (Å²) in [4.78, 5) is 5.40. The van der Waals surface area contributed by atoms with E-state index in [2.05, 4.69) is 401 Å². The van der Waals surface area contributed by atoms with Gasteiger partial charge in [0, 0.05) is 77.2 Å². The van der Waals surface area contributed by atoms with E-state index in [-0.39, 0.29) is 16.2 Å². The van der Waals surface area contributed by atoms with Gasteiger partial charge in [-0.15, -0.1) is 0 Å². The summed E-state index contributed by atoms with van der Waals surface area (Å²) in [5.74, 6) is 0. The Hall–Kier alpha value is -13.7. The van der Waals surface area contributed by atoms with E-state index in [9.17, 15) is 0 Å². The SMILES string of the molecule is CC1(C)c2ccccc2-c2cc(-c3ccc4c(c3)c3ccccc3n4-c3cccc(-c4cc(-c5cccc(-n6c7ccccc7c7cc(-c8ccc9c(c8)-c8ccccc8C9(C)C)ccc76)c5)c5c(-c6cccc(-n7c8ccccc8c8cc(-c9ccc%10c(c9)-c9ccccc9C%10(C)C)ccc87)c6)ccnc5c4)c3)ccc21. The fraction of sp³-hybridized carbons (Fsp3) is 0.0833. The molecular weight excluding hydrogens is 1350 g/mol. The monoisotopic (exact) mass is 1430 g/mol. The minimum atomic E-state index is -0.0616. The predicted octanol–water partition coefficient (Wildman–Crippen LogP) is 28.4. The Morgan fingerprint density at radius 1 is 0.196 bits per heavy atom. The molecule has 0 aliphatic heterocycles. The van der Waals surface area contributed by atoms with Crippen LogP contribution in [0, 0.1) is 0 Å². The molecule has 3 aliphatic rings. The molecule has 112 heavy (non-hydrogen) atoms. The molecule has 23 rings (SSSR count). The summed E-state index contributed by atoms with van der Waals surface area (Å²) in [7, 11) is 0. The first-order chi connectivity index (χ1) is 54.8. The van der Waals surface area contributed by atoms with E-state index >= 15 is 0 Å². The van der Waals surface area contributed by atoms with Crippen molar-refractivity contribution in [1.82, 2.24) is 18.7 Å². The van der Waals surface area contributed by atoms with Gasteiger partial charge in [0.15, 0.2) is 0 Å². The number of aromatic nitrogens is 4. The van der Waals surface area contributed by atoms with Crippen molar-refractivity contribution in [1.29, 1.82) is 0 Å². The summed E-state index contributed by atoms with van der Waals surface area (Å²) < 4.78 is 7.39. The maximum Gasteiger partial charge on any atom is 0.0720 e. The van der Waals surface area contributed by atoms with Crippen LogP contribution in [-0.4, -0.2) is 18.7 Å². The molecule has 0 spiro atoms. The van der Waals surface area contributed by atoms with Crippen LogP contribution in [0.4, 0.5) is 0 Å². The molecule has 528 valence electrons. The van der Waals surface area contributed by atoms with Gasteiger partial charge in [-0.3, -0.25) is 4.98 Å². The maximum atomic E-state index is 5.40. The molecule has 4 nitrogen and oxygen atoms in total. The molecule has 0 bridgehead atoms. The Bertz CT molecular complexity index is 7480. The largest absolute Gasteiger partial charge is 0.309 e. The number of hydrogen-bond donors (Lipinski definition) is 0. The molecule has 16 aromatic carbocycles. The molecule has 0 saturated heterocycles. The van der Waals surface area contributed by atoms with E-state index in [1.54, 1.807) is 0 Å². The molecule has 0 amide bonds. The van der Waals surface area contributed by atoms with Gasteiger partial charge in [-0.25, -0.2) is 0 Å². The quantitative estimate of drug-likeness (QED) is 0.142. The van der Waals surface area contributed by atoms with Crippen LogP contribution in [0.1, 0.15) is 74.9 Å². The Morgan fingerprint density at radius 2 is 0.500 bits per heavy atom. The molecule has 3 aliphatic carbocycles. The van der Waals surface area contributed by atoms with Gasteiger partial charge in [0.25, 0.3) is 0 Å². The molecule has 20 aromatic rings. The zero-order valence-electron chi connectivity index (χ0n) is 63.3. The third-order valence-corrected chi connectivity index (χ3v) is 25.9. The molecule has 0 N–H and O–H groups in total. The van der Waals surface area contributed by atoms with Gasteiger partial charge in [-0.2, -0.15) is 0 Å². The number of rotatable bonds is 9. The highest BCUT2D eigenvalue weighted by atomic mass is 15.0. The highest BCUT2D eigenvalue weighted by Gasteiger charge is 2.38. The van der Waals surface area contributed by atoms with Gasteiger partial charge in [-0.1, -0.05) is 260 Å². The summed E-state index contributed by atoms with van der Waals surface area (Å²) in [6.07, 6.45) is 2.01. The van der Waals surface area contributed by atoms with Crippen LogP contribution in [0.2, 0.25) is 0 Å². The number of hydrogen-bond acceptors (Lipinski definition) is 1. The minimum Gasteiger partial charge on any atom is -0.309 e. The van der Waals surface area contributed by atoms with E-state index < -0.39 is 0 Å². The van der Waals surface area contributed by atoms with Crippen molar-refractivity contribution in [3.8, 4) is 117 Å². The first-order valence-electron chi connectivity index (χ1n) is 39.4. The molecule has 0 fully saturated rings. The summed E-state index contributed by atoms with van der Waals surface area (Å²) in [6.45, 7) is 14.1. The zero-order chi connectivity index (χ0) is 74.6. The molecular formula is C108H76N4. The Kier molecular flexibility index (Phi) is 13.6. The van der Waals surface area contributed by atoms with E-state index in [0.717, 1.165) is 94.4 Å². The van der Waals surface area contributed by atoms with Crippen LogP contribution in [0.5, 0.6) is 0 Å². The first-order valence-corrected chi connectivity index (χ1v) is 39.4. The number of nitrogens with zero attached hydrogens (tertiary/aromatic N) is 4. The lowest BCUT2D eigenvalue weighted by atomic mass is 9.82. The zero-order valence-corrected chi connectivity index (χ0v) is 63.3. The Balaban J connectivity index is 0.674. The van der Waals surface area contributed by atoms with Crippen molar-refractivity contribution in [2.24, 2.45) is 0 Å². The standard InChI is InChI=1S/C108H76N4/c1-106(2)92-34-13-7-28-79(92)86-57-66(40-46-95(86)106)69-43-49-102-89(60-69)82-31-10-16-37-99(82)110(102)75-25-19-22-65(54-75)74-63-85(73-24-21-27-77(56-73)112-101-39-18-12-33-84(101)91-62-71(45-51-104(91)112)68-42-48-97-88(59-68)81-30-9-15-36-94(81)108(97,5)6)105-78(52-53-109-98(105)64-74)72-23-20-26-76(55-72)111-100-38-17-11-32-83(100)90-61-70(44-50-103(90)111)67-41-47-96-87(58-67)80-29-8-14-35-93(80)107(96,3)4/h7-64H,1-6H3. The van der Waals surface area contributed by atoms with Gasteiger partial charge in [0.2, 0.25) is 0 Å². The average molecular weight is 1430 g/mol. The highest BCUT2D eigenvalue weighted by Crippen LogP contribution is 2.54. The number of benzene rings is 16. The van der Waals surface area contributed by atoms with Crippen molar-refractivity contribution in [2.75, 3.05) is 0 Å². The molecule has 4 heterocycles. The average Bonchev–Trinajstić information content (AvgIpc) is 1.59. The van der Waals surface area contributed by atoms with Crippen LogP contribution in [0.25, 0.3) is 194 Å². The lowest BCUT2D eigenvalue weighted by Gasteiger charge is -2.21. The van der Waals surface area contributed by atoms with Crippen molar-refractivity contribution in [3.05, 3.63) is 385 Å². The maximum absolute atomic E-state index is 5.40. The smallest absolute Gasteiger partial charge is 0.0720 e. The molecule has 0 saturated carbocycles. The van der Waals surface area contributed by atoms with E-state index in [4.69, 9.17) is 4.98 Å². The number of fused-ring (bicyclic) bond motifs is 19. The van der Waals surface area contributed by atoms with Gasteiger partial charge in [0.05, 0.1) is 38.6 Å². The molecule has 4 aromatic heterocycles. The Labute approximate surface area is 651 Å². The second kappa shape index (κ2) is 23.7. The second-order valence-corrected chi connectivity index (χ2v) is 33.0. The van der Waals surface area contributed by atoms with Gasteiger partial charge >= 0.3 is 0 Å². The van der Waals surface area contributed by atoms with Crippen LogP contribution < -0.4 is 0 Å². The third kappa shape index (κ3) is 9.33. The number of para-hydroxylation sites is 3. The van der Waals surface area contributed by atoms with Crippen LogP contribution in [0.15, 0.2) is 352 Å². The number of pyridine rings is 1. The summed E-state index contributed by atoms with van der Waals surface area (Å²) in [5.41, 5.74) is 41.2. The summed E-state index contributed by atoms with van der Waals surface area (Å²) in [5, 5.41) is 8.41. The fourth-order valence-electron chi connectivity index (χ4n) is 20.4. The van der Waals surface area contributed by atoms with Crippen molar-refractivity contribution >= 4 is 76.3 Å². The predicted molar refractivity (Wildman–Crippen MR) is 470 cm³/mol. The third-order valence-electron chi connectivity index (χ3n) is 25.9. The summed E-state index contributed by atoms with van der Waals surface area (Å²) in [6, 6.07) is 131. The lowest BCUT2D eigenvalue weighted by Crippen LogP contribution is -2.14. The highest BCUT2D eigenvalue weighted by molar-refractivity contribution is 6.15. The topological polar surface area (TPSA) is 27.7 Å². The van der Waals surface area contributed by atoms with Gasteiger partial charge in [0.1, 0.15) is 0 Å². The van der Waals surface area contributed by atoms with E-state index in [1.165, 1.54) is 132 Å². The molecule has 4 heteroatoms. The van der Waals surface area contributed by atoms with Crippen LogP contribution in [-0.2, 0) is 16.2 Å². The van der Waals surface area contributed by atoms with Crippen molar-refractivity contribution < 1.29 is 0 Å². The molecule has 0 atom stereocenters. The van der Waals surface area contributed by atoms with Gasteiger partial charge < -0.3 is 13.7 Å². The summed E-state index contributed by atoms with van der Waals surface area (Å²) >= 11 is 0.